The molecule has 142 valence electrons. The first kappa shape index (κ1) is 16.9. The Hall–Kier alpha value is -3.29. The van der Waals surface area contributed by atoms with Crippen molar-refractivity contribution in [3.05, 3.63) is 65.0 Å². The molecule has 2 aliphatic rings. The van der Waals surface area contributed by atoms with Crippen molar-refractivity contribution in [2.45, 2.75) is 39.5 Å². The van der Waals surface area contributed by atoms with Crippen molar-refractivity contribution >= 4 is 11.9 Å². The fourth-order valence-corrected chi connectivity index (χ4v) is 4.02. The zero-order valence-corrected chi connectivity index (χ0v) is 15.7. The smallest absolute Gasteiger partial charge is 0.254 e. The van der Waals surface area contributed by atoms with Crippen LogP contribution in [0, 0.1) is 0 Å². The molecule has 5 rings (SSSR count). The number of hydrogen-bond donors (Lipinski definition) is 0. The lowest BCUT2D eigenvalue weighted by Gasteiger charge is -2.28. The van der Waals surface area contributed by atoms with Crippen LogP contribution in [-0.2, 0) is 32.6 Å². The predicted octanol–water partition coefficient (Wildman–Crippen LogP) is 1.81. The summed E-state index contributed by atoms with van der Waals surface area (Å²) in [5.74, 6) is 1.70. The van der Waals surface area contributed by atoms with Crippen LogP contribution in [0.3, 0.4) is 0 Å². The van der Waals surface area contributed by atoms with Crippen LogP contribution in [0.25, 0.3) is 0 Å². The van der Waals surface area contributed by atoms with Crippen molar-refractivity contribution in [3.63, 3.8) is 0 Å². The zero-order chi connectivity index (χ0) is 19.1. The molecule has 0 bridgehead atoms. The molecule has 28 heavy (non-hydrogen) atoms. The van der Waals surface area contributed by atoms with Gasteiger partial charge in [-0.15, -0.1) is 10.2 Å². The van der Waals surface area contributed by atoms with Crippen LogP contribution in [0.1, 0.15) is 40.1 Å². The van der Waals surface area contributed by atoms with Crippen molar-refractivity contribution in [1.82, 2.24) is 29.6 Å². The van der Waals surface area contributed by atoms with Crippen LogP contribution in [0.15, 0.2) is 36.7 Å². The Labute approximate surface area is 162 Å². The van der Waals surface area contributed by atoms with Crippen molar-refractivity contribution < 1.29 is 4.79 Å². The van der Waals surface area contributed by atoms with Crippen molar-refractivity contribution in [1.29, 1.82) is 0 Å². The summed E-state index contributed by atoms with van der Waals surface area (Å²) in [5, 5.41) is 8.87. The molecular formula is C20H21N7O. The average molecular weight is 375 g/mol. The molecule has 0 atom stereocenters. The molecule has 0 saturated carbocycles. The van der Waals surface area contributed by atoms with E-state index in [-0.39, 0.29) is 5.91 Å². The number of carbonyl (C=O) groups excluding carboxylic acids is 1. The van der Waals surface area contributed by atoms with E-state index >= 15 is 0 Å². The Bertz CT molecular complexity index is 1040. The third kappa shape index (κ3) is 2.72. The van der Waals surface area contributed by atoms with E-state index in [4.69, 9.17) is 0 Å². The number of rotatable bonds is 4. The van der Waals surface area contributed by atoms with Gasteiger partial charge in [0.1, 0.15) is 0 Å². The number of hydrogen-bond acceptors (Lipinski definition) is 6. The quantitative estimate of drug-likeness (QED) is 0.692. The minimum Gasteiger partial charge on any atom is -0.335 e. The van der Waals surface area contributed by atoms with E-state index in [0.717, 1.165) is 53.8 Å². The van der Waals surface area contributed by atoms with E-state index in [1.165, 1.54) is 0 Å². The topological polar surface area (TPSA) is 80.0 Å². The fraction of sp³-hybridized carbons (Fsp3) is 0.350. The number of nitrogens with zero attached hydrogens (tertiary/aromatic N) is 7. The molecule has 1 aromatic carbocycles. The van der Waals surface area contributed by atoms with Gasteiger partial charge in [-0.05, 0) is 18.6 Å². The normalized spacial score (nSPS) is 15.7. The number of benzene rings is 1. The summed E-state index contributed by atoms with van der Waals surface area (Å²) in [6.07, 6.45) is 4.32. The molecule has 0 saturated heterocycles. The van der Waals surface area contributed by atoms with E-state index in [9.17, 15) is 4.79 Å². The van der Waals surface area contributed by atoms with Crippen molar-refractivity contribution in [2.75, 3.05) is 11.4 Å². The summed E-state index contributed by atoms with van der Waals surface area (Å²) in [7, 11) is 0. The monoisotopic (exact) mass is 375 g/mol. The second-order valence-electron chi connectivity index (χ2n) is 7.10. The molecule has 2 aromatic heterocycles. The average Bonchev–Trinajstić information content (AvgIpc) is 3.29. The maximum atomic E-state index is 12.7. The summed E-state index contributed by atoms with van der Waals surface area (Å²) in [6, 6.07) is 7.78. The Morgan fingerprint density at radius 2 is 1.86 bits per heavy atom. The van der Waals surface area contributed by atoms with Gasteiger partial charge >= 0.3 is 0 Å². The first-order chi connectivity index (χ1) is 13.7. The molecule has 0 fully saturated rings. The molecular weight excluding hydrogens is 354 g/mol. The zero-order valence-electron chi connectivity index (χ0n) is 15.7. The molecule has 0 spiro atoms. The Balaban J connectivity index is 1.38. The summed E-state index contributed by atoms with van der Waals surface area (Å²) >= 11 is 0. The molecule has 1 amide bonds. The summed E-state index contributed by atoms with van der Waals surface area (Å²) in [4.78, 5) is 25.6. The molecule has 0 N–H and O–H groups in total. The lowest BCUT2D eigenvalue weighted by atomic mass is 10.1. The number of carbonyl (C=O) groups is 1. The van der Waals surface area contributed by atoms with Crippen LogP contribution < -0.4 is 4.90 Å². The molecule has 4 heterocycles. The minimum atomic E-state index is 0.0602. The van der Waals surface area contributed by atoms with Gasteiger partial charge in [-0.3, -0.25) is 19.3 Å². The Kier molecular flexibility index (Phi) is 4.03. The van der Waals surface area contributed by atoms with E-state index in [2.05, 4.69) is 36.6 Å². The maximum Gasteiger partial charge on any atom is 0.254 e. The number of amides is 1. The van der Waals surface area contributed by atoms with E-state index in [1.54, 1.807) is 12.4 Å². The van der Waals surface area contributed by atoms with Gasteiger partial charge in [0.2, 0.25) is 5.95 Å². The largest absolute Gasteiger partial charge is 0.335 e. The minimum absolute atomic E-state index is 0.0602. The summed E-state index contributed by atoms with van der Waals surface area (Å²) in [6.45, 7) is 5.41. The third-order valence-electron chi connectivity index (χ3n) is 5.46. The first-order valence-electron chi connectivity index (χ1n) is 9.57. The van der Waals surface area contributed by atoms with Crippen LogP contribution in [0.4, 0.5) is 5.95 Å². The number of anilines is 1. The molecule has 0 unspecified atom stereocenters. The van der Waals surface area contributed by atoms with Crippen LogP contribution >= 0.6 is 0 Å². The van der Waals surface area contributed by atoms with Gasteiger partial charge in [0.25, 0.3) is 5.91 Å². The lowest BCUT2D eigenvalue weighted by molar-refractivity contribution is 0.0760. The molecule has 8 heteroatoms. The van der Waals surface area contributed by atoms with Gasteiger partial charge in [-0.2, -0.15) is 0 Å². The van der Waals surface area contributed by atoms with Gasteiger partial charge < -0.3 is 9.80 Å². The van der Waals surface area contributed by atoms with E-state index in [0.29, 0.717) is 19.6 Å². The van der Waals surface area contributed by atoms with Crippen LogP contribution in [0.2, 0.25) is 0 Å². The van der Waals surface area contributed by atoms with Crippen LogP contribution in [-0.4, -0.2) is 42.1 Å². The molecule has 2 aliphatic heterocycles. The van der Waals surface area contributed by atoms with Gasteiger partial charge in [-0.1, -0.05) is 18.2 Å². The molecule has 0 aliphatic carbocycles. The second-order valence-corrected chi connectivity index (χ2v) is 7.10. The van der Waals surface area contributed by atoms with Gasteiger partial charge in [0, 0.05) is 44.0 Å². The highest BCUT2D eigenvalue weighted by atomic mass is 16.2. The van der Waals surface area contributed by atoms with Gasteiger partial charge in [0.15, 0.2) is 5.82 Å². The van der Waals surface area contributed by atoms with Gasteiger partial charge in [0.05, 0.1) is 24.5 Å². The highest BCUT2D eigenvalue weighted by Gasteiger charge is 2.29. The Morgan fingerprint density at radius 3 is 2.68 bits per heavy atom. The second kappa shape index (κ2) is 6.70. The molecule has 3 aromatic rings. The number of aromatic nitrogens is 5. The maximum absolute atomic E-state index is 12.7. The van der Waals surface area contributed by atoms with Crippen molar-refractivity contribution in [2.24, 2.45) is 0 Å². The lowest BCUT2D eigenvalue weighted by Crippen LogP contribution is -2.34. The van der Waals surface area contributed by atoms with Gasteiger partial charge in [-0.25, -0.2) is 0 Å². The summed E-state index contributed by atoms with van der Waals surface area (Å²) < 4.78 is 2.09. The highest BCUT2D eigenvalue weighted by Crippen LogP contribution is 2.26. The molecule has 8 nitrogen and oxygen atoms in total. The highest BCUT2D eigenvalue weighted by molar-refractivity contribution is 5.98. The number of fused-ring (bicyclic) bond motifs is 2. The fourth-order valence-electron chi connectivity index (χ4n) is 4.02. The van der Waals surface area contributed by atoms with Crippen LogP contribution in [0.5, 0.6) is 0 Å². The van der Waals surface area contributed by atoms with Crippen molar-refractivity contribution in [3.8, 4) is 0 Å². The first-order valence-corrected chi connectivity index (χ1v) is 9.57. The standard InChI is InChI=1S/C20H21N7O/c1-2-27-18(13-26-11-14-5-3-4-6-15(14)19(26)28)23-24-20(27)25-10-7-16-17(12-25)22-9-8-21-16/h3-6,8-9H,2,7,10-13H2,1H3. The molecule has 0 radical (unpaired) electrons. The summed E-state index contributed by atoms with van der Waals surface area (Å²) in [5.41, 5.74) is 3.91. The predicted molar refractivity (Wildman–Crippen MR) is 103 cm³/mol. The Morgan fingerprint density at radius 1 is 1.04 bits per heavy atom. The SMILES string of the molecule is CCn1c(CN2Cc3ccccc3C2=O)nnc1N1CCc2nccnc2C1. The third-order valence-corrected chi connectivity index (χ3v) is 5.46. The van der Waals surface area contributed by atoms with E-state index < -0.39 is 0 Å². The van der Waals surface area contributed by atoms with E-state index in [1.807, 2.05) is 29.2 Å².